The second-order valence-corrected chi connectivity index (χ2v) is 6.04. The van der Waals surface area contributed by atoms with E-state index in [2.05, 4.69) is 15.2 Å². The van der Waals surface area contributed by atoms with Crippen molar-refractivity contribution in [2.24, 2.45) is 5.92 Å². The number of fused-ring (bicyclic) bond motifs is 4. The van der Waals surface area contributed by atoms with Gasteiger partial charge in [0.2, 0.25) is 0 Å². The van der Waals surface area contributed by atoms with Gasteiger partial charge in [0.15, 0.2) is 11.4 Å². The molecule has 5 rings (SSSR count). The minimum Gasteiger partial charge on any atom is -0.421 e. The third kappa shape index (κ3) is 2.74. The fraction of sp³-hybridized carbons (Fsp3) is 0.467. The molecule has 6 nitrogen and oxygen atoms in total. The van der Waals surface area contributed by atoms with Gasteiger partial charge in [-0.2, -0.15) is 4.98 Å². The summed E-state index contributed by atoms with van der Waals surface area (Å²) in [5.41, 5.74) is 5.89. The zero-order valence-corrected chi connectivity index (χ0v) is 13.2. The molecule has 3 N–H and O–H groups in total. The Morgan fingerprint density at radius 2 is 2.13 bits per heavy atom. The highest BCUT2D eigenvalue weighted by Crippen LogP contribution is 2.28. The van der Waals surface area contributed by atoms with Crippen LogP contribution in [0.25, 0.3) is 11.1 Å². The first-order chi connectivity index (χ1) is 10.6. The number of amides is 1. The molecule has 1 atom stereocenters. The minimum absolute atomic E-state index is 0. The van der Waals surface area contributed by atoms with E-state index in [0.29, 0.717) is 11.5 Å². The van der Waals surface area contributed by atoms with Crippen molar-refractivity contribution in [2.75, 3.05) is 25.4 Å². The second-order valence-electron chi connectivity index (χ2n) is 6.04. The van der Waals surface area contributed by atoms with Crippen LogP contribution < -0.4 is 11.1 Å². The molecule has 1 aromatic carbocycles. The number of aromatic nitrogens is 1. The van der Waals surface area contributed by atoms with Crippen LogP contribution in [0.15, 0.2) is 16.5 Å². The molecule has 3 aliphatic rings. The molecule has 2 bridgehead atoms. The lowest BCUT2D eigenvalue weighted by molar-refractivity contribution is 0.0621. The Kier molecular flexibility index (Phi) is 4.16. The molecule has 3 aliphatic heterocycles. The molecule has 8 heteroatoms. The Morgan fingerprint density at radius 3 is 2.78 bits per heavy atom. The van der Waals surface area contributed by atoms with E-state index in [-0.39, 0.29) is 41.5 Å². The largest absolute Gasteiger partial charge is 0.421 e. The number of oxazole rings is 1. The molecule has 3 fully saturated rings. The van der Waals surface area contributed by atoms with Crippen LogP contribution in [0.3, 0.4) is 0 Å². The molecule has 0 saturated carbocycles. The summed E-state index contributed by atoms with van der Waals surface area (Å²) in [5.74, 6) is -0.303. The van der Waals surface area contributed by atoms with Crippen molar-refractivity contribution in [1.29, 1.82) is 0 Å². The molecule has 0 spiro atoms. The van der Waals surface area contributed by atoms with Crippen LogP contribution in [0.5, 0.6) is 0 Å². The van der Waals surface area contributed by atoms with E-state index in [1.165, 1.54) is 12.1 Å². The fourth-order valence-electron chi connectivity index (χ4n) is 3.55. The van der Waals surface area contributed by atoms with Crippen LogP contribution in [0.4, 0.5) is 10.4 Å². The average Bonchev–Trinajstić information content (AvgIpc) is 2.91. The molecule has 1 aromatic heterocycles. The maximum atomic E-state index is 13.7. The van der Waals surface area contributed by atoms with E-state index >= 15 is 0 Å². The maximum Gasteiger partial charge on any atom is 0.293 e. The highest BCUT2D eigenvalue weighted by Gasteiger charge is 2.35. The number of rotatable bonds is 2. The molecule has 4 heterocycles. The number of nitrogens with two attached hydrogens (primary N) is 1. The van der Waals surface area contributed by atoms with Crippen molar-refractivity contribution in [3.05, 3.63) is 23.5 Å². The molecular weight excluding hydrogens is 323 g/mol. The Balaban J connectivity index is 0.00000156. The zero-order chi connectivity index (χ0) is 15.3. The van der Waals surface area contributed by atoms with Gasteiger partial charge in [0.25, 0.3) is 11.9 Å². The Labute approximate surface area is 138 Å². The number of hydrogen-bond donors (Lipinski definition) is 2. The van der Waals surface area contributed by atoms with Crippen molar-refractivity contribution < 1.29 is 13.6 Å². The van der Waals surface area contributed by atoms with E-state index in [9.17, 15) is 9.18 Å². The zero-order valence-electron chi connectivity index (χ0n) is 12.4. The van der Waals surface area contributed by atoms with Crippen molar-refractivity contribution in [3.8, 4) is 0 Å². The van der Waals surface area contributed by atoms with Crippen LogP contribution >= 0.6 is 12.4 Å². The summed E-state index contributed by atoms with van der Waals surface area (Å²) in [7, 11) is 0. The third-order valence-corrected chi connectivity index (χ3v) is 4.73. The number of nitrogens with zero attached hydrogens (tertiary/aromatic N) is 2. The van der Waals surface area contributed by atoms with Gasteiger partial charge >= 0.3 is 0 Å². The van der Waals surface area contributed by atoms with Crippen LogP contribution in [-0.2, 0) is 0 Å². The summed E-state index contributed by atoms with van der Waals surface area (Å²) >= 11 is 0. The third-order valence-electron chi connectivity index (χ3n) is 4.73. The van der Waals surface area contributed by atoms with E-state index < -0.39 is 5.82 Å². The summed E-state index contributed by atoms with van der Waals surface area (Å²) < 4.78 is 18.7. The topological polar surface area (TPSA) is 84.4 Å². The molecule has 2 aromatic rings. The van der Waals surface area contributed by atoms with E-state index in [1.807, 2.05) is 0 Å². The summed E-state index contributed by atoms with van der Waals surface area (Å²) in [6.45, 7) is 3.09. The second kappa shape index (κ2) is 5.98. The van der Waals surface area contributed by atoms with Crippen LogP contribution in [-0.4, -0.2) is 41.5 Å². The van der Waals surface area contributed by atoms with Gasteiger partial charge in [0.1, 0.15) is 5.52 Å². The van der Waals surface area contributed by atoms with Gasteiger partial charge in [-0.1, -0.05) is 0 Å². The summed E-state index contributed by atoms with van der Waals surface area (Å²) in [6, 6.07) is 2.63. The van der Waals surface area contributed by atoms with Gasteiger partial charge in [-0.15, -0.1) is 12.4 Å². The fourth-order valence-corrected chi connectivity index (χ4v) is 3.55. The minimum atomic E-state index is -0.571. The first-order valence-electron chi connectivity index (χ1n) is 7.49. The van der Waals surface area contributed by atoms with Gasteiger partial charge < -0.3 is 20.4 Å². The smallest absolute Gasteiger partial charge is 0.293 e. The van der Waals surface area contributed by atoms with E-state index in [0.717, 1.165) is 32.5 Å². The number of carbonyl (C=O) groups is 1. The van der Waals surface area contributed by atoms with Crippen molar-refractivity contribution in [2.45, 2.75) is 18.9 Å². The number of halogens is 2. The van der Waals surface area contributed by atoms with Crippen molar-refractivity contribution in [3.63, 3.8) is 0 Å². The molecular formula is C15H18ClFN4O2. The Hall–Kier alpha value is -1.86. The van der Waals surface area contributed by atoms with Crippen LogP contribution in [0.1, 0.15) is 23.2 Å². The number of hydrogen-bond acceptors (Lipinski definition) is 5. The first kappa shape index (κ1) is 16.0. The van der Waals surface area contributed by atoms with Crippen molar-refractivity contribution in [1.82, 2.24) is 15.2 Å². The quantitative estimate of drug-likeness (QED) is 0.870. The lowest BCUT2D eigenvalue weighted by Crippen LogP contribution is -2.57. The molecule has 0 aliphatic carbocycles. The van der Waals surface area contributed by atoms with E-state index in [4.69, 9.17) is 10.2 Å². The highest BCUT2D eigenvalue weighted by atomic mass is 35.5. The number of piperidine rings is 3. The standard InChI is InChI=1S/C15H17FN4O2.ClH/c16-10-2-1-9(12-13(10)22-15(17)19-12)14(21)18-11-7-20-5-3-8(11)4-6-20;/h1-2,8,11H,3-7H2,(H2,17,19)(H,18,21);1H. The molecule has 0 radical (unpaired) electrons. The number of nitrogen functional groups attached to an aromatic ring is 1. The van der Waals surface area contributed by atoms with Gasteiger partial charge in [0.05, 0.1) is 5.56 Å². The monoisotopic (exact) mass is 340 g/mol. The molecule has 124 valence electrons. The average molecular weight is 341 g/mol. The Bertz CT molecular complexity index is 742. The van der Waals surface area contributed by atoms with Crippen LogP contribution in [0.2, 0.25) is 0 Å². The SMILES string of the molecule is Cl.Nc1nc2c(C(=O)NC3CN4CCC3CC4)ccc(F)c2o1. The van der Waals surface area contributed by atoms with E-state index in [1.54, 1.807) is 0 Å². The van der Waals surface area contributed by atoms with Crippen LogP contribution in [0, 0.1) is 11.7 Å². The molecule has 1 amide bonds. The number of anilines is 1. The lowest BCUT2D eigenvalue weighted by atomic mass is 9.84. The Morgan fingerprint density at radius 1 is 1.39 bits per heavy atom. The summed E-state index contributed by atoms with van der Waals surface area (Å²) in [6.07, 6.45) is 2.22. The normalized spacial score (nSPS) is 26.0. The van der Waals surface area contributed by atoms with Gasteiger partial charge in [-0.25, -0.2) is 4.39 Å². The summed E-state index contributed by atoms with van der Waals surface area (Å²) in [4.78, 5) is 18.8. The van der Waals surface area contributed by atoms with Crippen molar-refractivity contribution >= 4 is 35.4 Å². The first-order valence-corrected chi connectivity index (χ1v) is 7.49. The number of nitrogens with one attached hydrogen (secondary N) is 1. The molecule has 23 heavy (non-hydrogen) atoms. The number of benzene rings is 1. The molecule has 1 unspecified atom stereocenters. The van der Waals surface area contributed by atoms with Gasteiger partial charge in [0, 0.05) is 12.6 Å². The maximum absolute atomic E-state index is 13.7. The summed E-state index contributed by atoms with van der Waals surface area (Å²) in [5, 5.41) is 3.06. The number of carbonyl (C=O) groups excluding carboxylic acids is 1. The highest BCUT2D eigenvalue weighted by molar-refractivity contribution is 6.05. The predicted octanol–water partition coefficient (Wildman–Crippen LogP) is 1.79. The lowest BCUT2D eigenvalue weighted by Gasteiger charge is -2.44. The molecule has 3 saturated heterocycles. The predicted molar refractivity (Wildman–Crippen MR) is 86.0 cm³/mol. The van der Waals surface area contributed by atoms with Gasteiger partial charge in [-0.05, 0) is 44.0 Å². The van der Waals surface area contributed by atoms with Gasteiger partial charge in [-0.3, -0.25) is 4.79 Å².